The Kier molecular flexibility index (Phi) is 11.4. The third-order valence-corrected chi connectivity index (χ3v) is 5.05. The Hall–Kier alpha value is -3.13. The second-order valence-electron chi connectivity index (χ2n) is 7.69. The van der Waals surface area contributed by atoms with Crippen molar-refractivity contribution >= 4 is 42.3 Å². The molecule has 8 N–H and O–H groups in total. The van der Waals surface area contributed by atoms with E-state index in [1.54, 1.807) is 13.8 Å². The average Bonchev–Trinajstić information content (AvgIpc) is 3.25. The van der Waals surface area contributed by atoms with Crippen LogP contribution in [0, 0.1) is 5.92 Å². The maximum absolute atomic E-state index is 12.8. The molecule has 4 unspecified atom stereocenters. The van der Waals surface area contributed by atoms with E-state index in [1.807, 2.05) is 0 Å². The lowest BCUT2D eigenvalue weighted by atomic mass is 10.0. The van der Waals surface area contributed by atoms with E-state index in [1.165, 1.54) is 12.5 Å². The third kappa shape index (κ3) is 9.49. The van der Waals surface area contributed by atoms with Crippen LogP contribution in [0.2, 0.25) is 0 Å². The fraction of sp³-hybridized carbons (Fsp3) is 0.579. The fourth-order valence-corrected chi connectivity index (χ4v) is 2.93. The number of thiol groups is 1. The lowest BCUT2D eigenvalue weighted by Crippen LogP contribution is -2.58. The number of nitrogens with one attached hydrogen (secondary N) is 4. The summed E-state index contributed by atoms with van der Waals surface area (Å²) in [4.78, 5) is 66.8. The van der Waals surface area contributed by atoms with Crippen LogP contribution >= 0.6 is 12.6 Å². The van der Waals surface area contributed by atoms with Gasteiger partial charge in [0.2, 0.25) is 17.7 Å². The summed E-state index contributed by atoms with van der Waals surface area (Å²) in [6.07, 6.45) is 1.90. The molecule has 3 amide bonds. The smallest absolute Gasteiger partial charge is 0.326 e. The van der Waals surface area contributed by atoms with Gasteiger partial charge in [0.25, 0.3) is 0 Å². The summed E-state index contributed by atoms with van der Waals surface area (Å²) in [5, 5.41) is 25.7. The molecular formula is C19H30N6O7S. The van der Waals surface area contributed by atoms with Gasteiger partial charge in [-0.3, -0.25) is 19.2 Å². The number of carboxylic acid groups (broad SMARTS) is 2. The first-order chi connectivity index (χ1) is 15.5. The molecule has 14 heteroatoms. The first-order valence-electron chi connectivity index (χ1n) is 10.2. The highest BCUT2D eigenvalue weighted by molar-refractivity contribution is 7.80. The number of aromatic amines is 1. The largest absolute Gasteiger partial charge is 0.481 e. The molecule has 0 bridgehead atoms. The number of aliphatic carboxylic acids is 2. The van der Waals surface area contributed by atoms with Gasteiger partial charge in [-0.2, -0.15) is 12.6 Å². The molecule has 0 radical (unpaired) electrons. The number of hydrogen-bond acceptors (Lipinski definition) is 8. The normalized spacial score (nSPS) is 14.6. The molecule has 1 rings (SSSR count). The number of aromatic nitrogens is 2. The van der Waals surface area contributed by atoms with Crippen LogP contribution in [0.5, 0.6) is 0 Å². The van der Waals surface area contributed by atoms with Crippen molar-refractivity contribution in [1.29, 1.82) is 0 Å². The van der Waals surface area contributed by atoms with Gasteiger partial charge in [0.05, 0.1) is 12.4 Å². The highest BCUT2D eigenvalue weighted by atomic mass is 32.1. The van der Waals surface area contributed by atoms with E-state index in [2.05, 4.69) is 38.5 Å². The van der Waals surface area contributed by atoms with Crippen LogP contribution in [-0.4, -0.2) is 79.8 Å². The Morgan fingerprint density at radius 3 is 2.18 bits per heavy atom. The van der Waals surface area contributed by atoms with Crippen molar-refractivity contribution in [2.75, 3.05) is 5.75 Å². The maximum atomic E-state index is 12.8. The number of nitrogens with zero attached hydrogens (tertiary/aromatic N) is 1. The lowest BCUT2D eigenvalue weighted by Gasteiger charge is -2.26. The van der Waals surface area contributed by atoms with Crippen LogP contribution in [0.4, 0.5) is 0 Å². The molecular weight excluding hydrogens is 456 g/mol. The predicted octanol–water partition coefficient (Wildman–Crippen LogP) is -1.73. The zero-order valence-corrected chi connectivity index (χ0v) is 19.2. The number of imidazole rings is 1. The molecule has 0 aliphatic rings. The summed E-state index contributed by atoms with van der Waals surface area (Å²) in [5.74, 6) is -5.10. The van der Waals surface area contributed by atoms with E-state index in [0.717, 1.165) is 0 Å². The van der Waals surface area contributed by atoms with Gasteiger partial charge in [-0.05, 0) is 12.3 Å². The van der Waals surface area contributed by atoms with Gasteiger partial charge >= 0.3 is 11.9 Å². The molecule has 0 fully saturated rings. The number of amides is 3. The van der Waals surface area contributed by atoms with E-state index >= 15 is 0 Å². The van der Waals surface area contributed by atoms with Crippen molar-refractivity contribution in [2.45, 2.75) is 57.3 Å². The van der Waals surface area contributed by atoms with Gasteiger partial charge in [0, 0.05) is 30.5 Å². The minimum atomic E-state index is -1.35. The maximum Gasteiger partial charge on any atom is 0.326 e. The van der Waals surface area contributed by atoms with Crippen molar-refractivity contribution in [3.63, 3.8) is 0 Å². The molecule has 0 aliphatic carbocycles. The molecule has 0 spiro atoms. The molecule has 1 aromatic heterocycles. The molecule has 33 heavy (non-hydrogen) atoms. The highest BCUT2D eigenvalue weighted by Gasteiger charge is 2.32. The van der Waals surface area contributed by atoms with Crippen molar-refractivity contribution in [3.05, 3.63) is 18.2 Å². The van der Waals surface area contributed by atoms with Gasteiger partial charge in [-0.1, -0.05) is 13.8 Å². The van der Waals surface area contributed by atoms with Crippen LogP contribution in [0.1, 0.15) is 32.4 Å². The Bertz CT molecular complexity index is 833. The van der Waals surface area contributed by atoms with Gasteiger partial charge in [-0.15, -0.1) is 0 Å². The SMILES string of the molecule is CC(C)C(NC(=O)C(N)CS)C(=O)NC(CCC(=O)O)C(=O)NC(Cc1cnc[nH]1)C(=O)O. The Morgan fingerprint density at radius 2 is 1.70 bits per heavy atom. The quantitative estimate of drug-likeness (QED) is 0.140. The predicted molar refractivity (Wildman–Crippen MR) is 119 cm³/mol. The number of hydrogen-bond donors (Lipinski definition) is 8. The van der Waals surface area contributed by atoms with E-state index in [0.29, 0.717) is 5.69 Å². The molecule has 0 saturated heterocycles. The molecule has 4 atom stereocenters. The molecule has 1 aromatic rings. The minimum Gasteiger partial charge on any atom is -0.481 e. The third-order valence-electron chi connectivity index (χ3n) is 4.65. The van der Waals surface area contributed by atoms with Crippen LogP contribution in [-0.2, 0) is 30.4 Å². The minimum absolute atomic E-state index is 0.0504. The first kappa shape index (κ1) is 27.9. The summed E-state index contributed by atoms with van der Waals surface area (Å²) in [6.45, 7) is 3.32. The number of carboxylic acids is 2. The summed E-state index contributed by atoms with van der Waals surface area (Å²) < 4.78 is 0. The van der Waals surface area contributed by atoms with Crippen molar-refractivity contribution in [1.82, 2.24) is 25.9 Å². The van der Waals surface area contributed by atoms with Crippen LogP contribution in [0.3, 0.4) is 0 Å². The van der Waals surface area contributed by atoms with Crippen LogP contribution in [0.25, 0.3) is 0 Å². The average molecular weight is 487 g/mol. The van der Waals surface area contributed by atoms with E-state index < -0.39 is 66.2 Å². The van der Waals surface area contributed by atoms with Gasteiger partial charge < -0.3 is 36.9 Å². The standard InChI is InChI=1S/C19H30N6O7S/c1-9(2)15(25-16(28)11(20)7-33)18(30)23-12(3-4-14(26)27)17(29)24-13(19(31)32)5-10-6-21-8-22-10/h6,8-9,11-13,15,33H,3-5,7,20H2,1-2H3,(H,21,22)(H,23,30)(H,24,29)(H,25,28)(H,26,27)(H,31,32). The highest BCUT2D eigenvalue weighted by Crippen LogP contribution is 2.07. The van der Waals surface area contributed by atoms with Crippen molar-refractivity contribution < 1.29 is 34.2 Å². The fourth-order valence-electron chi connectivity index (χ4n) is 2.76. The zero-order chi connectivity index (χ0) is 25.1. The Balaban J connectivity index is 2.97. The number of carbonyl (C=O) groups is 5. The number of carbonyl (C=O) groups excluding carboxylic acids is 3. The number of H-pyrrole nitrogens is 1. The summed E-state index contributed by atoms with van der Waals surface area (Å²) >= 11 is 3.94. The molecule has 13 nitrogen and oxygen atoms in total. The van der Waals surface area contributed by atoms with Crippen LogP contribution < -0.4 is 21.7 Å². The molecule has 184 valence electrons. The Morgan fingerprint density at radius 1 is 1.06 bits per heavy atom. The zero-order valence-electron chi connectivity index (χ0n) is 18.3. The molecule has 0 saturated carbocycles. The monoisotopic (exact) mass is 486 g/mol. The van der Waals surface area contributed by atoms with Gasteiger partial charge in [-0.25, -0.2) is 9.78 Å². The number of nitrogens with two attached hydrogens (primary N) is 1. The van der Waals surface area contributed by atoms with E-state index in [-0.39, 0.29) is 18.6 Å². The van der Waals surface area contributed by atoms with Gasteiger partial charge in [0.1, 0.15) is 18.1 Å². The topological polar surface area (TPSA) is 217 Å². The summed E-state index contributed by atoms with van der Waals surface area (Å²) in [7, 11) is 0. The van der Waals surface area contributed by atoms with Crippen molar-refractivity contribution in [3.8, 4) is 0 Å². The van der Waals surface area contributed by atoms with Gasteiger partial charge in [0.15, 0.2) is 0 Å². The van der Waals surface area contributed by atoms with E-state index in [9.17, 15) is 29.1 Å². The summed E-state index contributed by atoms with van der Waals surface area (Å²) in [5.41, 5.74) is 6.08. The molecule has 0 aliphatic heterocycles. The van der Waals surface area contributed by atoms with Crippen molar-refractivity contribution in [2.24, 2.45) is 11.7 Å². The van der Waals surface area contributed by atoms with Crippen LogP contribution in [0.15, 0.2) is 12.5 Å². The summed E-state index contributed by atoms with van der Waals surface area (Å²) in [6, 6.07) is -4.72. The Labute approximate surface area is 195 Å². The molecule has 0 aromatic carbocycles. The lowest BCUT2D eigenvalue weighted by molar-refractivity contribution is -0.143. The van der Waals surface area contributed by atoms with E-state index in [4.69, 9.17) is 10.8 Å². The second-order valence-corrected chi connectivity index (χ2v) is 8.06. The number of rotatable bonds is 14. The molecule has 1 heterocycles. The first-order valence-corrected chi connectivity index (χ1v) is 10.8. The second kappa shape index (κ2) is 13.4.